The maximum absolute atomic E-state index is 9.28. The Morgan fingerprint density at radius 2 is 1.94 bits per heavy atom. The fourth-order valence-corrected chi connectivity index (χ4v) is 2.77. The number of aliphatic hydroxyl groups is 1. The predicted molar refractivity (Wildman–Crippen MR) is 68.9 cm³/mol. The van der Waals surface area contributed by atoms with E-state index in [-0.39, 0.29) is 11.5 Å². The fraction of sp³-hybridized carbons (Fsp3) is 1.00. The molecule has 2 fully saturated rings. The van der Waals surface area contributed by atoms with Crippen LogP contribution >= 0.6 is 0 Å². The van der Waals surface area contributed by atoms with E-state index in [0.29, 0.717) is 24.1 Å². The molecule has 2 N–H and O–H groups in total. The van der Waals surface area contributed by atoms with Gasteiger partial charge in [0, 0.05) is 24.1 Å². The third-order valence-electron chi connectivity index (χ3n) is 4.36. The van der Waals surface area contributed by atoms with Gasteiger partial charge in [0.25, 0.3) is 0 Å². The highest BCUT2D eigenvalue weighted by atomic mass is 16.5. The zero-order valence-electron chi connectivity index (χ0n) is 11.6. The van der Waals surface area contributed by atoms with Crippen molar-refractivity contribution in [3.8, 4) is 0 Å². The van der Waals surface area contributed by atoms with Gasteiger partial charge in [0.1, 0.15) is 0 Å². The maximum atomic E-state index is 9.28. The molecule has 2 aliphatic carbocycles. The monoisotopic (exact) mass is 241 g/mol. The molecule has 0 saturated heterocycles. The Kier molecular flexibility index (Phi) is 3.81. The van der Waals surface area contributed by atoms with Crippen molar-refractivity contribution in [3.05, 3.63) is 0 Å². The SMILES string of the molecule is CC(C)COC1CC(NC2CC(O)C2)C1(C)C. The first-order valence-electron chi connectivity index (χ1n) is 6.95. The van der Waals surface area contributed by atoms with Crippen molar-refractivity contribution in [2.45, 2.75) is 71.2 Å². The third kappa shape index (κ3) is 2.83. The molecule has 0 aliphatic heterocycles. The summed E-state index contributed by atoms with van der Waals surface area (Å²) < 4.78 is 5.95. The highest BCUT2D eigenvalue weighted by Gasteiger charge is 2.50. The lowest BCUT2D eigenvalue weighted by Gasteiger charge is -2.54. The molecule has 2 aliphatic rings. The highest BCUT2D eigenvalue weighted by molar-refractivity contribution is 5.05. The summed E-state index contributed by atoms with van der Waals surface area (Å²) in [7, 11) is 0. The molecule has 3 nitrogen and oxygen atoms in total. The molecule has 0 radical (unpaired) electrons. The predicted octanol–water partition coefficient (Wildman–Crippen LogP) is 1.94. The van der Waals surface area contributed by atoms with Crippen molar-refractivity contribution in [1.82, 2.24) is 5.32 Å². The largest absolute Gasteiger partial charge is 0.393 e. The average Bonchev–Trinajstić information content (AvgIpc) is 2.18. The minimum absolute atomic E-state index is 0.0660. The molecule has 0 heterocycles. The Bertz CT molecular complexity index is 259. The van der Waals surface area contributed by atoms with E-state index in [1.54, 1.807) is 0 Å². The third-order valence-corrected chi connectivity index (χ3v) is 4.36. The Labute approximate surface area is 105 Å². The highest BCUT2D eigenvalue weighted by Crippen LogP contribution is 2.44. The summed E-state index contributed by atoms with van der Waals surface area (Å²) in [6, 6.07) is 1.08. The lowest BCUT2D eigenvalue weighted by Crippen LogP contribution is -2.64. The van der Waals surface area contributed by atoms with Gasteiger partial charge >= 0.3 is 0 Å². The van der Waals surface area contributed by atoms with Gasteiger partial charge in [-0.1, -0.05) is 27.7 Å². The van der Waals surface area contributed by atoms with Crippen LogP contribution in [-0.4, -0.2) is 36.0 Å². The van der Waals surface area contributed by atoms with Crippen molar-refractivity contribution < 1.29 is 9.84 Å². The van der Waals surface area contributed by atoms with Gasteiger partial charge in [-0.2, -0.15) is 0 Å². The number of ether oxygens (including phenoxy) is 1. The van der Waals surface area contributed by atoms with Crippen LogP contribution in [0, 0.1) is 11.3 Å². The number of hydrogen-bond donors (Lipinski definition) is 2. The second kappa shape index (κ2) is 4.87. The molecule has 2 atom stereocenters. The molecule has 2 unspecified atom stereocenters. The molecule has 0 aromatic rings. The van der Waals surface area contributed by atoms with Gasteiger partial charge in [0.2, 0.25) is 0 Å². The van der Waals surface area contributed by atoms with Crippen molar-refractivity contribution >= 4 is 0 Å². The molecule has 2 rings (SSSR count). The quantitative estimate of drug-likeness (QED) is 0.773. The van der Waals surface area contributed by atoms with Gasteiger partial charge in [0.15, 0.2) is 0 Å². The molecule has 100 valence electrons. The van der Waals surface area contributed by atoms with Gasteiger partial charge in [-0.3, -0.25) is 0 Å². The van der Waals surface area contributed by atoms with E-state index in [9.17, 15) is 5.11 Å². The van der Waals surface area contributed by atoms with Crippen LogP contribution in [0.15, 0.2) is 0 Å². The molecule has 0 spiro atoms. The van der Waals surface area contributed by atoms with Gasteiger partial charge in [0.05, 0.1) is 12.2 Å². The number of nitrogens with one attached hydrogen (secondary N) is 1. The van der Waals surface area contributed by atoms with Crippen LogP contribution in [0.2, 0.25) is 0 Å². The molecule has 17 heavy (non-hydrogen) atoms. The van der Waals surface area contributed by atoms with E-state index in [0.717, 1.165) is 25.9 Å². The number of rotatable bonds is 5. The van der Waals surface area contributed by atoms with Gasteiger partial charge in [-0.15, -0.1) is 0 Å². The van der Waals surface area contributed by atoms with E-state index in [1.807, 2.05) is 0 Å². The van der Waals surface area contributed by atoms with Gasteiger partial charge < -0.3 is 15.2 Å². The van der Waals surface area contributed by atoms with Crippen LogP contribution < -0.4 is 5.32 Å². The Hall–Kier alpha value is -0.120. The van der Waals surface area contributed by atoms with Gasteiger partial charge in [-0.25, -0.2) is 0 Å². The Balaban J connectivity index is 1.72. The molecular formula is C14H27NO2. The summed E-state index contributed by atoms with van der Waals surface area (Å²) in [4.78, 5) is 0. The minimum Gasteiger partial charge on any atom is -0.393 e. The van der Waals surface area contributed by atoms with Gasteiger partial charge in [-0.05, 0) is 25.2 Å². The lowest BCUT2D eigenvalue weighted by atomic mass is 9.63. The normalized spacial score (nSPS) is 39.9. The fourth-order valence-electron chi connectivity index (χ4n) is 2.77. The van der Waals surface area contributed by atoms with E-state index < -0.39 is 0 Å². The zero-order valence-corrected chi connectivity index (χ0v) is 11.6. The van der Waals surface area contributed by atoms with Crippen molar-refractivity contribution in [2.75, 3.05) is 6.61 Å². The van der Waals surface area contributed by atoms with Crippen LogP contribution in [0.4, 0.5) is 0 Å². The molecule has 0 aromatic heterocycles. The Morgan fingerprint density at radius 3 is 2.41 bits per heavy atom. The summed E-state index contributed by atoms with van der Waals surface area (Å²) in [5.74, 6) is 0.611. The molecular weight excluding hydrogens is 214 g/mol. The Morgan fingerprint density at radius 1 is 1.29 bits per heavy atom. The first-order valence-corrected chi connectivity index (χ1v) is 6.95. The lowest BCUT2D eigenvalue weighted by molar-refractivity contribution is -0.130. The minimum atomic E-state index is -0.0660. The average molecular weight is 241 g/mol. The summed E-state index contributed by atoms with van der Waals surface area (Å²) in [5.41, 5.74) is 0.232. The van der Waals surface area contributed by atoms with Crippen LogP contribution in [0.5, 0.6) is 0 Å². The smallest absolute Gasteiger partial charge is 0.0656 e. The van der Waals surface area contributed by atoms with Crippen LogP contribution in [0.25, 0.3) is 0 Å². The molecule has 0 amide bonds. The van der Waals surface area contributed by atoms with E-state index in [1.165, 1.54) is 0 Å². The topological polar surface area (TPSA) is 41.5 Å². The second-order valence-electron chi connectivity index (χ2n) is 6.81. The second-order valence-corrected chi connectivity index (χ2v) is 6.81. The summed E-state index contributed by atoms with van der Waals surface area (Å²) in [6.45, 7) is 9.82. The summed E-state index contributed by atoms with van der Waals surface area (Å²) >= 11 is 0. The first-order chi connectivity index (χ1) is 7.89. The van der Waals surface area contributed by atoms with Crippen LogP contribution in [0.1, 0.15) is 47.0 Å². The van der Waals surface area contributed by atoms with Crippen molar-refractivity contribution in [1.29, 1.82) is 0 Å². The zero-order chi connectivity index (χ0) is 12.6. The molecule has 2 saturated carbocycles. The van der Waals surface area contributed by atoms with Crippen molar-refractivity contribution in [3.63, 3.8) is 0 Å². The van der Waals surface area contributed by atoms with E-state index >= 15 is 0 Å². The molecule has 0 bridgehead atoms. The van der Waals surface area contributed by atoms with Crippen LogP contribution in [0.3, 0.4) is 0 Å². The molecule has 0 aromatic carbocycles. The number of aliphatic hydroxyl groups excluding tert-OH is 1. The van der Waals surface area contributed by atoms with Crippen LogP contribution in [-0.2, 0) is 4.74 Å². The number of hydrogen-bond acceptors (Lipinski definition) is 3. The van der Waals surface area contributed by atoms with Crippen molar-refractivity contribution in [2.24, 2.45) is 11.3 Å². The molecule has 3 heteroatoms. The van der Waals surface area contributed by atoms with E-state index in [2.05, 4.69) is 33.0 Å². The maximum Gasteiger partial charge on any atom is 0.0656 e. The standard InChI is InChI=1S/C14H27NO2/c1-9(2)8-17-13-7-12(14(13,3)4)15-10-5-11(16)6-10/h9-13,15-16H,5-8H2,1-4H3. The summed E-state index contributed by atoms with van der Waals surface area (Å²) in [6.07, 6.45) is 3.29. The van der Waals surface area contributed by atoms with E-state index in [4.69, 9.17) is 4.74 Å². The first kappa shape index (κ1) is 13.3. The summed E-state index contributed by atoms with van der Waals surface area (Å²) in [5, 5.41) is 12.9.